The molecule has 0 fully saturated rings. The fourth-order valence-corrected chi connectivity index (χ4v) is 1.19. The molecule has 0 aliphatic carbocycles. The molecule has 4 heteroatoms. The van der Waals surface area contributed by atoms with Gasteiger partial charge in [0.1, 0.15) is 0 Å². The molecule has 15 heavy (non-hydrogen) atoms. The Labute approximate surface area is 92.4 Å². The Kier molecular flexibility index (Phi) is 5.24. The highest BCUT2D eigenvalue weighted by Gasteiger charge is 2.32. The molecule has 3 N–H and O–H groups in total. The smallest absolute Gasteiger partial charge is 0.240 e. The molecule has 1 unspecified atom stereocenters. The van der Waals surface area contributed by atoms with E-state index in [1.54, 1.807) is 0 Å². The first-order valence-corrected chi connectivity index (χ1v) is 5.50. The maximum absolute atomic E-state index is 11.9. The number of aliphatic hydroxyl groups excluding tert-OH is 1. The molecule has 0 saturated carbocycles. The van der Waals surface area contributed by atoms with Crippen molar-refractivity contribution in [2.24, 2.45) is 0 Å². The Hall–Kier alpha value is -0.610. The third-order valence-corrected chi connectivity index (χ3v) is 2.73. The van der Waals surface area contributed by atoms with Crippen molar-refractivity contribution in [3.05, 3.63) is 0 Å². The van der Waals surface area contributed by atoms with E-state index >= 15 is 0 Å². The van der Waals surface area contributed by atoms with Gasteiger partial charge in [-0.1, -0.05) is 13.8 Å². The Morgan fingerprint density at radius 3 is 2.13 bits per heavy atom. The Balaban J connectivity index is 4.47. The molecule has 0 aliphatic rings. The molecule has 0 aromatic carbocycles. The molecule has 0 aliphatic heterocycles. The SMILES string of the molecule is CCNC(C)(C)C(=O)NC(C)(CC)CO. The van der Waals surface area contributed by atoms with Crippen molar-refractivity contribution in [3.63, 3.8) is 0 Å². The van der Waals surface area contributed by atoms with Crippen LogP contribution in [0.15, 0.2) is 0 Å². The maximum Gasteiger partial charge on any atom is 0.240 e. The second-order valence-corrected chi connectivity index (χ2v) is 4.68. The summed E-state index contributed by atoms with van der Waals surface area (Å²) < 4.78 is 0. The molecule has 0 saturated heterocycles. The molecule has 0 radical (unpaired) electrons. The van der Waals surface area contributed by atoms with Crippen molar-refractivity contribution in [2.45, 2.75) is 52.1 Å². The third kappa shape index (κ3) is 4.18. The van der Waals surface area contributed by atoms with Gasteiger partial charge in [-0.15, -0.1) is 0 Å². The molecule has 4 nitrogen and oxygen atoms in total. The van der Waals surface area contributed by atoms with Crippen LogP contribution in [0.5, 0.6) is 0 Å². The molecule has 0 aromatic rings. The molecule has 1 amide bonds. The number of nitrogens with one attached hydrogen (secondary N) is 2. The van der Waals surface area contributed by atoms with Crippen LogP contribution in [0.25, 0.3) is 0 Å². The fourth-order valence-electron chi connectivity index (χ4n) is 1.19. The first-order chi connectivity index (χ1) is 6.81. The van der Waals surface area contributed by atoms with E-state index in [9.17, 15) is 9.90 Å². The minimum atomic E-state index is -0.597. The fraction of sp³-hybridized carbons (Fsp3) is 0.909. The van der Waals surface area contributed by atoms with Gasteiger partial charge in [-0.25, -0.2) is 0 Å². The zero-order chi connectivity index (χ0) is 12.1. The molecular weight excluding hydrogens is 192 g/mol. The van der Waals surface area contributed by atoms with Crippen molar-refractivity contribution in [2.75, 3.05) is 13.2 Å². The predicted molar refractivity (Wildman–Crippen MR) is 61.7 cm³/mol. The van der Waals surface area contributed by atoms with Crippen LogP contribution in [0.1, 0.15) is 41.0 Å². The summed E-state index contributed by atoms with van der Waals surface area (Å²) in [5.74, 6) is -0.0808. The summed E-state index contributed by atoms with van der Waals surface area (Å²) in [6.07, 6.45) is 0.706. The summed E-state index contributed by atoms with van der Waals surface area (Å²) in [4.78, 5) is 11.9. The lowest BCUT2D eigenvalue weighted by molar-refractivity contribution is -0.128. The van der Waals surface area contributed by atoms with E-state index < -0.39 is 11.1 Å². The van der Waals surface area contributed by atoms with Crippen molar-refractivity contribution in [1.29, 1.82) is 0 Å². The number of aliphatic hydroxyl groups is 1. The predicted octanol–water partition coefficient (Wildman–Crippen LogP) is 0.652. The number of hydrogen-bond donors (Lipinski definition) is 3. The summed E-state index contributed by atoms with van der Waals surface area (Å²) in [6, 6.07) is 0. The van der Waals surface area contributed by atoms with E-state index in [1.807, 2.05) is 34.6 Å². The summed E-state index contributed by atoms with van der Waals surface area (Å²) in [6.45, 7) is 10.1. The van der Waals surface area contributed by atoms with Crippen LogP contribution in [0.2, 0.25) is 0 Å². The van der Waals surface area contributed by atoms with Gasteiger partial charge >= 0.3 is 0 Å². The van der Waals surface area contributed by atoms with Gasteiger partial charge in [-0.3, -0.25) is 4.79 Å². The number of hydrogen-bond acceptors (Lipinski definition) is 3. The Morgan fingerprint density at radius 2 is 1.80 bits per heavy atom. The van der Waals surface area contributed by atoms with Gasteiger partial charge in [0.2, 0.25) is 5.91 Å². The highest BCUT2D eigenvalue weighted by molar-refractivity contribution is 5.86. The molecule has 1 atom stereocenters. The average molecular weight is 216 g/mol. The van der Waals surface area contributed by atoms with Gasteiger partial charge in [0, 0.05) is 0 Å². The van der Waals surface area contributed by atoms with E-state index in [1.165, 1.54) is 0 Å². The van der Waals surface area contributed by atoms with Gasteiger partial charge < -0.3 is 15.7 Å². The summed E-state index contributed by atoms with van der Waals surface area (Å²) >= 11 is 0. The first-order valence-electron chi connectivity index (χ1n) is 5.50. The van der Waals surface area contributed by atoms with Crippen LogP contribution >= 0.6 is 0 Å². The average Bonchev–Trinajstić information content (AvgIpc) is 2.17. The summed E-state index contributed by atoms with van der Waals surface area (Å²) in [5, 5.41) is 15.2. The van der Waals surface area contributed by atoms with Crippen LogP contribution in [0, 0.1) is 0 Å². The van der Waals surface area contributed by atoms with E-state index in [-0.39, 0.29) is 12.5 Å². The minimum Gasteiger partial charge on any atom is -0.394 e. The second kappa shape index (κ2) is 5.47. The van der Waals surface area contributed by atoms with E-state index in [0.29, 0.717) is 6.42 Å². The number of likely N-dealkylation sites (N-methyl/N-ethyl adjacent to an activating group) is 1. The van der Waals surface area contributed by atoms with Gasteiger partial charge in [0.15, 0.2) is 0 Å². The molecule has 0 heterocycles. The summed E-state index contributed by atoms with van der Waals surface area (Å²) in [7, 11) is 0. The topological polar surface area (TPSA) is 61.4 Å². The lowest BCUT2D eigenvalue weighted by atomic mass is 9.96. The molecule has 0 rings (SSSR count). The van der Waals surface area contributed by atoms with Crippen LogP contribution in [-0.2, 0) is 4.79 Å². The number of carbonyl (C=O) groups is 1. The lowest BCUT2D eigenvalue weighted by Gasteiger charge is -2.33. The Bertz CT molecular complexity index is 211. The summed E-state index contributed by atoms with van der Waals surface area (Å²) in [5.41, 5.74) is -1.12. The van der Waals surface area contributed by atoms with Crippen LogP contribution in [-0.4, -0.2) is 35.2 Å². The monoisotopic (exact) mass is 216 g/mol. The second-order valence-electron chi connectivity index (χ2n) is 4.68. The normalized spacial score (nSPS) is 15.9. The van der Waals surface area contributed by atoms with Crippen LogP contribution in [0.3, 0.4) is 0 Å². The van der Waals surface area contributed by atoms with Gasteiger partial charge in [0.25, 0.3) is 0 Å². The van der Waals surface area contributed by atoms with Crippen molar-refractivity contribution in [1.82, 2.24) is 10.6 Å². The van der Waals surface area contributed by atoms with Crippen molar-refractivity contribution < 1.29 is 9.90 Å². The Morgan fingerprint density at radius 1 is 1.27 bits per heavy atom. The zero-order valence-corrected chi connectivity index (χ0v) is 10.5. The largest absolute Gasteiger partial charge is 0.394 e. The molecule has 90 valence electrons. The van der Waals surface area contributed by atoms with Gasteiger partial charge in [0.05, 0.1) is 17.7 Å². The molecule has 0 bridgehead atoms. The highest BCUT2D eigenvalue weighted by atomic mass is 16.3. The van der Waals surface area contributed by atoms with Crippen LogP contribution < -0.4 is 10.6 Å². The van der Waals surface area contributed by atoms with Crippen molar-refractivity contribution in [3.8, 4) is 0 Å². The lowest BCUT2D eigenvalue weighted by Crippen LogP contribution is -2.59. The number of amides is 1. The van der Waals surface area contributed by atoms with Gasteiger partial charge in [-0.05, 0) is 33.7 Å². The third-order valence-electron chi connectivity index (χ3n) is 2.73. The van der Waals surface area contributed by atoms with Crippen LogP contribution in [0.4, 0.5) is 0 Å². The van der Waals surface area contributed by atoms with E-state index in [0.717, 1.165) is 6.54 Å². The molecule has 0 aromatic heterocycles. The van der Waals surface area contributed by atoms with E-state index in [2.05, 4.69) is 10.6 Å². The zero-order valence-electron chi connectivity index (χ0n) is 10.5. The maximum atomic E-state index is 11.9. The van der Waals surface area contributed by atoms with E-state index in [4.69, 9.17) is 0 Å². The van der Waals surface area contributed by atoms with Gasteiger partial charge in [-0.2, -0.15) is 0 Å². The quantitative estimate of drug-likeness (QED) is 0.611. The molecular formula is C11H24N2O2. The minimum absolute atomic E-state index is 0.0442. The molecule has 0 spiro atoms. The highest BCUT2D eigenvalue weighted by Crippen LogP contribution is 2.11. The number of carbonyl (C=O) groups excluding carboxylic acids is 1. The van der Waals surface area contributed by atoms with Crippen molar-refractivity contribution >= 4 is 5.91 Å². The standard InChI is InChI=1S/C11H24N2O2/c1-6-11(5,8-14)13-9(15)10(3,4)12-7-2/h12,14H,6-8H2,1-5H3,(H,13,15). The number of rotatable bonds is 6. The first kappa shape index (κ1) is 14.4.